The van der Waals surface area contributed by atoms with E-state index < -0.39 is 0 Å². The largest absolute Gasteiger partial charge is 0.307 e. The van der Waals surface area contributed by atoms with Crippen LogP contribution in [0.25, 0.3) is 79.8 Å². The van der Waals surface area contributed by atoms with Crippen molar-refractivity contribution < 1.29 is 0 Å². The summed E-state index contributed by atoms with van der Waals surface area (Å²) in [6, 6.07) is 47.0. The van der Waals surface area contributed by atoms with Gasteiger partial charge in [0.1, 0.15) is 0 Å². The summed E-state index contributed by atoms with van der Waals surface area (Å²) < 4.78 is 5.24. The van der Waals surface area contributed by atoms with E-state index in [4.69, 9.17) is 0 Å². The van der Waals surface area contributed by atoms with Crippen molar-refractivity contribution in [1.82, 2.24) is 4.40 Å². The Morgan fingerprint density at radius 1 is 0.342 bits per heavy atom. The third-order valence-electron chi connectivity index (χ3n) is 8.16. The van der Waals surface area contributed by atoms with Crippen LogP contribution < -0.4 is 0 Å². The number of hydrogen-bond acceptors (Lipinski definition) is 1. The predicted octanol–water partition coefficient (Wildman–Crippen LogP) is 10.6. The SMILES string of the molecule is c1ccc2c(c1)sc1c2ccc2c3cccc4c5ccccc5c5ccccc5c5ccccc5n(c43)c21. The molecule has 0 N–H and O–H groups in total. The van der Waals surface area contributed by atoms with E-state index >= 15 is 0 Å². The molecule has 0 atom stereocenters. The molecule has 0 bridgehead atoms. The molecule has 0 aliphatic rings. The zero-order chi connectivity index (χ0) is 24.8. The average molecular weight is 500 g/mol. The van der Waals surface area contributed by atoms with Crippen LogP contribution in [0.1, 0.15) is 0 Å². The molecule has 0 amide bonds. The molecule has 0 unspecified atom stereocenters. The Balaban J connectivity index is 1.75. The molecule has 0 aliphatic heterocycles. The van der Waals surface area contributed by atoms with Crippen LogP contribution in [0, 0.1) is 0 Å². The van der Waals surface area contributed by atoms with Gasteiger partial charge in [-0.3, -0.25) is 0 Å². The molecular weight excluding hydrogens is 478 g/mol. The van der Waals surface area contributed by atoms with E-state index in [1.807, 2.05) is 11.3 Å². The van der Waals surface area contributed by atoms with E-state index in [-0.39, 0.29) is 0 Å². The Kier molecular flexibility index (Phi) is 3.99. The van der Waals surface area contributed by atoms with Crippen molar-refractivity contribution in [2.45, 2.75) is 0 Å². The quantitative estimate of drug-likeness (QED) is 0.195. The fourth-order valence-corrected chi connectivity index (χ4v) is 7.83. The minimum atomic E-state index is 1.23. The highest BCUT2D eigenvalue weighted by Gasteiger charge is 2.18. The van der Waals surface area contributed by atoms with Gasteiger partial charge in [-0.25, -0.2) is 0 Å². The number of rotatable bonds is 0. The summed E-state index contributed by atoms with van der Waals surface area (Å²) in [7, 11) is 0. The highest BCUT2D eigenvalue weighted by atomic mass is 32.1. The van der Waals surface area contributed by atoms with Gasteiger partial charge in [-0.2, -0.15) is 0 Å². The fourth-order valence-electron chi connectivity index (χ4n) is 6.59. The third-order valence-corrected chi connectivity index (χ3v) is 9.36. The van der Waals surface area contributed by atoms with Gasteiger partial charge in [-0.15, -0.1) is 11.3 Å². The van der Waals surface area contributed by atoms with Crippen LogP contribution >= 0.6 is 11.3 Å². The number of nitrogens with zero attached hydrogens (tertiary/aromatic N) is 1. The lowest BCUT2D eigenvalue weighted by molar-refractivity contribution is 1.37. The maximum atomic E-state index is 2.56. The second-order valence-corrected chi connectivity index (χ2v) is 11.1. The van der Waals surface area contributed by atoms with Crippen molar-refractivity contribution in [1.29, 1.82) is 0 Å². The van der Waals surface area contributed by atoms with E-state index in [1.54, 1.807) is 0 Å². The highest BCUT2D eigenvalue weighted by Crippen LogP contribution is 2.44. The number of para-hydroxylation sites is 2. The van der Waals surface area contributed by atoms with Gasteiger partial charge in [0.05, 0.1) is 21.3 Å². The topological polar surface area (TPSA) is 4.41 Å². The Bertz CT molecular complexity index is 2460. The number of benzene rings is 6. The molecule has 3 aromatic heterocycles. The van der Waals surface area contributed by atoms with Gasteiger partial charge in [0, 0.05) is 37.0 Å². The van der Waals surface area contributed by atoms with Gasteiger partial charge < -0.3 is 4.40 Å². The van der Waals surface area contributed by atoms with Crippen LogP contribution in [0.4, 0.5) is 0 Å². The number of aromatic nitrogens is 1. The monoisotopic (exact) mass is 499 g/mol. The first-order valence-corrected chi connectivity index (χ1v) is 13.9. The molecule has 0 radical (unpaired) electrons. The van der Waals surface area contributed by atoms with Crippen molar-refractivity contribution in [2.24, 2.45) is 0 Å². The van der Waals surface area contributed by atoms with Crippen LogP contribution in [-0.4, -0.2) is 4.40 Å². The summed E-state index contributed by atoms with van der Waals surface area (Å²) in [6.07, 6.45) is 0. The number of hydrogen-bond donors (Lipinski definition) is 0. The van der Waals surface area contributed by atoms with Crippen molar-refractivity contribution in [3.63, 3.8) is 0 Å². The van der Waals surface area contributed by atoms with Gasteiger partial charge >= 0.3 is 0 Å². The Morgan fingerprint density at radius 3 is 1.55 bits per heavy atom. The Hall–Kier alpha value is -4.66. The Morgan fingerprint density at radius 2 is 0.816 bits per heavy atom. The second-order valence-electron chi connectivity index (χ2n) is 10.1. The van der Waals surface area contributed by atoms with E-state index in [9.17, 15) is 0 Å². The van der Waals surface area contributed by atoms with Crippen LogP contribution in [0.5, 0.6) is 0 Å². The lowest BCUT2D eigenvalue weighted by atomic mass is 10.0. The second kappa shape index (κ2) is 7.44. The maximum Gasteiger partial charge on any atom is 0.0720 e. The number of thiophene rings is 1. The summed E-state index contributed by atoms with van der Waals surface area (Å²) in [4.78, 5) is 0. The lowest BCUT2D eigenvalue weighted by Crippen LogP contribution is -1.86. The predicted molar refractivity (Wildman–Crippen MR) is 167 cm³/mol. The van der Waals surface area contributed by atoms with Crippen molar-refractivity contribution in [3.05, 3.63) is 127 Å². The smallest absolute Gasteiger partial charge is 0.0720 e. The molecule has 6 aromatic carbocycles. The maximum absolute atomic E-state index is 2.56. The summed E-state index contributed by atoms with van der Waals surface area (Å²) in [5.74, 6) is 0. The number of fused-ring (bicyclic) bond motifs is 14. The molecule has 0 spiro atoms. The molecular formula is C36H21NS. The summed E-state index contributed by atoms with van der Waals surface area (Å²) in [5, 5.41) is 12.9. The molecule has 0 saturated carbocycles. The molecule has 9 aromatic rings. The minimum absolute atomic E-state index is 1.23. The first-order valence-electron chi connectivity index (χ1n) is 13.0. The molecule has 2 heteroatoms. The van der Waals surface area contributed by atoms with E-state index in [0.29, 0.717) is 0 Å². The molecule has 176 valence electrons. The zero-order valence-electron chi connectivity index (χ0n) is 20.5. The summed E-state index contributed by atoms with van der Waals surface area (Å²) in [5.41, 5.74) is 3.81. The first-order chi connectivity index (χ1) is 18.9. The van der Waals surface area contributed by atoms with E-state index in [0.717, 1.165) is 0 Å². The highest BCUT2D eigenvalue weighted by molar-refractivity contribution is 7.26. The average Bonchev–Trinajstić information content (AvgIpc) is 3.54. The summed E-state index contributed by atoms with van der Waals surface area (Å²) >= 11 is 1.91. The molecule has 0 fully saturated rings. The normalized spacial score (nSPS) is 12.2. The molecule has 3 heterocycles. The lowest BCUT2D eigenvalue weighted by Gasteiger charge is -2.05. The van der Waals surface area contributed by atoms with Crippen LogP contribution in [0.3, 0.4) is 0 Å². The molecule has 0 saturated heterocycles. The van der Waals surface area contributed by atoms with Gasteiger partial charge in [-0.1, -0.05) is 115 Å². The zero-order valence-corrected chi connectivity index (χ0v) is 21.3. The van der Waals surface area contributed by atoms with Crippen molar-refractivity contribution in [3.8, 4) is 0 Å². The van der Waals surface area contributed by atoms with Crippen LogP contribution in [0.2, 0.25) is 0 Å². The van der Waals surface area contributed by atoms with Gasteiger partial charge in [0.15, 0.2) is 0 Å². The molecule has 1 nitrogen and oxygen atoms in total. The Labute approximate surface area is 222 Å². The van der Waals surface area contributed by atoms with E-state index in [1.165, 1.54) is 79.8 Å². The minimum Gasteiger partial charge on any atom is -0.307 e. The molecule has 38 heavy (non-hydrogen) atoms. The molecule has 0 aliphatic carbocycles. The van der Waals surface area contributed by atoms with Crippen LogP contribution in [-0.2, 0) is 0 Å². The summed E-state index contributed by atoms with van der Waals surface area (Å²) in [6.45, 7) is 0. The standard InChI is InChI=1S/C36H21NS/c1-3-12-24-22(10-1)23-11-2-4-13-25(23)28-16-9-17-29-30-20-21-31-27-15-6-8-19-33(27)38-36(31)35(30)37(34(28)29)32-18-7-5-14-26(24)32/h1-21H. The van der Waals surface area contributed by atoms with Crippen molar-refractivity contribution >= 4 is 91.1 Å². The third kappa shape index (κ3) is 2.55. The fraction of sp³-hybridized carbons (Fsp3) is 0. The van der Waals surface area contributed by atoms with Gasteiger partial charge in [-0.05, 0) is 33.7 Å². The van der Waals surface area contributed by atoms with Crippen LogP contribution in [0.15, 0.2) is 127 Å². The first kappa shape index (κ1) is 20.4. The van der Waals surface area contributed by atoms with Gasteiger partial charge in [0.25, 0.3) is 0 Å². The van der Waals surface area contributed by atoms with E-state index in [2.05, 4.69) is 132 Å². The molecule has 9 rings (SSSR count). The van der Waals surface area contributed by atoms with Gasteiger partial charge in [0.2, 0.25) is 0 Å². The van der Waals surface area contributed by atoms with Crippen molar-refractivity contribution in [2.75, 3.05) is 0 Å².